The largest absolute Gasteiger partial charge is 0.417 e. The fraction of sp³-hybridized carbons (Fsp3) is 0.190. The molecule has 0 bridgehead atoms. The van der Waals surface area contributed by atoms with Crippen LogP contribution in [0, 0.1) is 6.92 Å². The maximum Gasteiger partial charge on any atom is 0.417 e. The number of aliphatic imine (C=N–C) groups is 1. The number of hydrogen-bond acceptors (Lipinski definition) is 3. The van der Waals surface area contributed by atoms with Crippen molar-refractivity contribution in [3.05, 3.63) is 74.8 Å². The molecule has 0 aliphatic carbocycles. The third-order valence-corrected chi connectivity index (χ3v) is 6.16. The number of rotatable bonds is 4. The Balaban J connectivity index is 1.92. The number of aryl methyl sites for hydroxylation is 1. The van der Waals surface area contributed by atoms with Crippen LogP contribution in [-0.2, 0) is 10.8 Å². The molecule has 1 aliphatic heterocycles. The van der Waals surface area contributed by atoms with E-state index in [-0.39, 0.29) is 38.2 Å². The van der Waals surface area contributed by atoms with Gasteiger partial charge in [0.1, 0.15) is 0 Å². The van der Waals surface area contributed by atoms with Gasteiger partial charge in [-0.2, -0.15) is 13.2 Å². The molecule has 0 radical (unpaired) electrons. The lowest BCUT2D eigenvalue weighted by Gasteiger charge is -2.14. The van der Waals surface area contributed by atoms with Crippen molar-refractivity contribution in [2.45, 2.75) is 13.1 Å². The molecule has 1 heterocycles. The van der Waals surface area contributed by atoms with Gasteiger partial charge in [0.15, 0.2) is 5.78 Å². The lowest BCUT2D eigenvalue weighted by molar-refractivity contribution is -0.0689. The quantitative estimate of drug-likeness (QED) is 0.424. The SMILES string of the molecule is Cc1cc(C(=O)/C=C(\c2cc(Cl)cc(Cl)c2)C(F)(F)F)ccc1C(=O)N=C1CS(=O)C1. The van der Waals surface area contributed by atoms with Gasteiger partial charge in [0, 0.05) is 37.7 Å². The molecular weight excluding hydrogens is 474 g/mol. The summed E-state index contributed by atoms with van der Waals surface area (Å²) < 4.78 is 51.9. The smallest absolute Gasteiger partial charge is 0.289 e. The lowest BCUT2D eigenvalue weighted by Crippen LogP contribution is -2.32. The average Bonchev–Trinajstić information content (AvgIpc) is 2.62. The summed E-state index contributed by atoms with van der Waals surface area (Å²) in [7, 11) is -0.985. The van der Waals surface area contributed by atoms with E-state index in [4.69, 9.17) is 23.2 Å². The summed E-state index contributed by atoms with van der Waals surface area (Å²) in [4.78, 5) is 28.7. The molecule has 1 aliphatic rings. The van der Waals surface area contributed by atoms with Crippen LogP contribution in [0.1, 0.15) is 31.8 Å². The highest BCUT2D eigenvalue weighted by Crippen LogP contribution is 2.36. The molecule has 1 fully saturated rings. The van der Waals surface area contributed by atoms with Crippen molar-refractivity contribution in [1.29, 1.82) is 0 Å². The Morgan fingerprint density at radius 1 is 1.03 bits per heavy atom. The van der Waals surface area contributed by atoms with Gasteiger partial charge in [-0.15, -0.1) is 0 Å². The van der Waals surface area contributed by atoms with Gasteiger partial charge in [0.05, 0.1) is 17.1 Å². The number of nitrogens with zero attached hydrogens (tertiary/aromatic N) is 1. The van der Waals surface area contributed by atoms with E-state index in [2.05, 4.69) is 4.99 Å². The predicted molar refractivity (Wildman–Crippen MR) is 116 cm³/mol. The minimum absolute atomic E-state index is 0.000671. The van der Waals surface area contributed by atoms with Crippen LogP contribution in [0.2, 0.25) is 10.0 Å². The Hall–Kier alpha value is -2.29. The number of halogens is 5. The molecule has 0 spiro atoms. The highest BCUT2D eigenvalue weighted by Gasteiger charge is 2.35. The molecular formula is C21H14Cl2F3NO3S. The first-order chi connectivity index (χ1) is 14.4. The summed E-state index contributed by atoms with van der Waals surface area (Å²) in [5, 5.41) is 0.00134. The molecule has 4 nitrogen and oxygen atoms in total. The van der Waals surface area contributed by atoms with Gasteiger partial charge in [-0.25, -0.2) is 4.99 Å². The number of hydrogen-bond donors (Lipinski definition) is 0. The van der Waals surface area contributed by atoms with Gasteiger partial charge in [0.25, 0.3) is 5.91 Å². The number of alkyl halides is 3. The van der Waals surface area contributed by atoms with Gasteiger partial charge in [-0.3, -0.25) is 13.8 Å². The van der Waals surface area contributed by atoms with Crippen molar-refractivity contribution in [3.63, 3.8) is 0 Å². The number of amides is 1. The summed E-state index contributed by atoms with van der Waals surface area (Å²) in [6.45, 7) is 1.55. The number of ketones is 1. The number of carbonyl (C=O) groups excluding carboxylic acids is 2. The van der Waals surface area contributed by atoms with Crippen molar-refractivity contribution >= 4 is 57.0 Å². The topological polar surface area (TPSA) is 63.6 Å². The van der Waals surface area contributed by atoms with Crippen molar-refractivity contribution < 1.29 is 27.0 Å². The van der Waals surface area contributed by atoms with Crippen LogP contribution >= 0.6 is 23.2 Å². The Morgan fingerprint density at radius 2 is 1.65 bits per heavy atom. The van der Waals surface area contributed by atoms with Crippen LogP contribution in [0.4, 0.5) is 13.2 Å². The Morgan fingerprint density at radius 3 is 2.16 bits per heavy atom. The summed E-state index contributed by atoms with van der Waals surface area (Å²) in [5.74, 6) is -0.950. The van der Waals surface area contributed by atoms with Crippen molar-refractivity contribution in [1.82, 2.24) is 0 Å². The second-order valence-electron chi connectivity index (χ2n) is 6.82. The lowest BCUT2D eigenvalue weighted by atomic mass is 9.98. The Bertz CT molecular complexity index is 1140. The van der Waals surface area contributed by atoms with Gasteiger partial charge < -0.3 is 0 Å². The maximum atomic E-state index is 13.6. The van der Waals surface area contributed by atoms with Gasteiger partial charge in [-0.1, -0.05) is 29.3 Å². The second kappa shape index (κ2) is 9.06. The standard InChI is InChI=1S/C21H14Cl2F3NO3S/c1-11-4-12(2-3-17(11)20(29)27-16-9-31(30)10-16)19(28)8-18(21(24,25)26)13-5-14(22)7-15(23)6-13/h2-8H,9-10H2,1H3/b18-8+,27-16?. The molecule has 3 rings (SSSR count). The molecule has 1 saturated heterocycles. The first kappa shape index (κ1) is 23.4. The van der Waals surface area contributed by atoms with E-state index in [1.54, 1.807) is 6.92 Å². The first-order valence-corrected chi connectivity index (χ1v) is 11.0. The van der Waals surface area contributed by atoms with Crippen molar-refractivity contribution in [3.8, 4) is 0 Å². The Labute approximate surface area is 188 Å². The van der Waals surface area contributed by atoms with Crippen LogP contribution in [-0.4, -0.2) is 39.3 Å². The first-order valence-electron chi connectivity index (χ1n) is 8.80. The second-order valence-corrected chi connectivity index (χ2v) is 9.15. The number of carbonyl (C=O) groups is 2. The van der Waals surface area contributed by atoms with Crippen LogP contribution in [0.15, 0.2) is 47.5 Å². The Kier molecular flexibility index (Phi) is 6.83. The van der Waals surface area contributed by atoms with Crippen LogP contribution < -0.4 is 0 Å². The normalized spacial score (nSPS) is 16.6. The molecule has 10 heteroatoms. The molecule has 0 aromatic heterocycles. The third-order valence-electron chi connectivity index (χ3n) is 4.41. The van der Waals surface area contributed by atoms with Crippen LogP contribution in [0.3, 0.4) is 0 Å². The molecule has 0 N–H and O–H groups in total. The van der Waals surface area contributed by atoms with Crippen molar-refractivity contribution in [2.24, 2.45) is 4.99 Å². The monoisotopic (exact) mass is 487 g/mol. The fourth-order valence-electron chi connectivity index (χ4n) is 2.91. The zero-order valence-corrected chi connectivity index (χ0v) is 18.3. The van der Waals surface area contributed by atoms with E-state index >= 15 is 0 Å². The highest BCUT2D eigenvalue weighted by molar-refractivity contribution is 7.89. The van der Waals surface area contributed by atoms with Gasteiger partial charge in [-0.05, 0) is 54.5 Å². The van der Waals surface area contributed by atoms with Crippen LogP contribution in [0.25, 0.3) is 5.57 Å². The summed E-state index contributed by atoms with van der Waals surface area (Å²) in [6, 6.07) is 7.34. The van der Waals surface area contributed by atoms with E-state index in [0.29, 0.717) is 17.4 Å². The van der Waals surface area contributed by atoms with E-state index in [1.165, 1.54) is 24.3 Å². The molecule has 0 saturated carbocycles. The third kappa shape index (κ3) is 5.70. The summed E-state index contributed by atoms with van der Waals surface area (Å²) >= 11 is 11.6. The minimum Gasteiger partial charge on any atom is -0.289 e. The number of benzene rings is 2. The summed E-state index contributed by atoms with van der Waals surface area (Å²) in [6.07, 6.45) is -4.35. The fourth-order valence-corrected chi connectivity index (χ4v) is 4.22. The molecule has 0 unspecified atom stereocenters. The molecule has 2 aromatic carbocycles. The van der Waals surface area contributed by atoms with E-state index in [9.17, 15) is 27.0 Å². The molecule has 1 amide bonds. The van der Waals surface area contributed by atoms with Gasteiger partial charge >= 0.3 is 6.18 Å². The zero-order chi connectivity index (χ0) is 22.9. The summed E-state index contributed by atoms with van der Waals surface area (Å²) in [5.41, 5.74) is -0.432. The molecule has 0 atom stereocenters. The predicted octanol–water partition coefficient (Wildman–Crippen LogP) is 5.47. The van der Waals surface area contributed by atoms with Crippen LogP contribution in [0.5, 0.6) is 0 Å². The van der Waals surface area contributed by atoms with Crippen molar-refractivity contribution in [2.75, 3.05) is 11.5 Å². The molecule has 162 valence electrons. The highest BCUT2D eigenvalue weighted by atomic mass is 35.5. The zero-order valence-electron chi connectivity index (χ0n) is 15.9. The average molecular weight is 488 g/mol. The number of allylic oxidation sites excluding steroid dienone is 2. The molecule has 31 heavy (non-hydrogen) atoms. The van der Waals surface area contributed by atoms with Gasteiger partial charge in [0.2, 0.25) is 0 Å². The minimum atomic E-state index is -4.83. The van der Waals surface area contributed by atoms with E-state index in [0.717, 1.165) is 12.1 Å². The maximum absolute atomic E-state index is 13.6. The molecule has 2 aromatic rings. The van der Waals surface area contributed by atoms with E-state index in [1.807, 2.05) is 0 Å². The van der Waals surface area contributed by atoms with E-state index < -0.39 is 34.2 Å².